The molecule has 0 saturated heterocycles. The molecule has 1 aromatic heterocycles. The van der Waals surface area contributed by atoms with E-state index in [0.717, 1.165) is 27.7 Å². The Hall–Kier alpha value is -2.95. The number of fused-ring (bicyclic) bond motifs is 1. The van der Waals surface area contributed by atoms with Gasteiger partial charge in [0.2, 0.25) is 0 Å². The predicted molar refractivity (Wildman–Crippen MR) is 100 cm³/mol. The Kier molecular flexibility index (Phi) is 4.89. The number of rotatable bonds is 5. The lowest BCUT2D eigenvalue weighted by atomic mass is 9.99. The third kappa shape index (κ3) is 3.52. The van der Waals surface area contributed by atoms with Gasteiger partial charge in [-0.05, 0) is 48.2 Å². The molecule has 0 aliphatic carbocycles. The van der Waals surface area contributed by atoms with Crippen LogP contribution in [0.5, 0.6) is 11.5 Å². The second kappa shape index (κ2) is 7.12. The monoisotopic (exact) mass is 353 g/mol. The fraction of sp³-hybridized carbons (Fsp3) is 0.286. The van der Waals surface area contributed by atoms with Crippen molar-refractivity contribution < 1.29 is 19.7 Å². The molecule has 0 radical (unpaired) electrons. The Labute approximate surface area is 152 Å². The molecule has 0 unspecified atom stereocenters. The maximum Gasteiger partial charge on any atom is 0.352 e. The van der Waals surface area contributed by atoms with E-state index in [0.29, 0.717) is 18.0 Å². The topological polar surface area (TPSA) is 60.7 Å². The Bertz CT molecular complexity index is 956. The molecule has 0 bridgehead atoms. The van der Waals surface area contributed by atoms with Crippen LogP contribution in [-0.4, -0.2) is 15.6 Å². The van der Waals surface area contributed by atoms with Crippen molar-refractivity contribution in [2.75, 3.05) is 0 Å². The minimum Gasteiger partial charge on any atom is -0.508 e. The second-order valence-electron chi connectivity index (χ2n) is 6.77. The summed E-state index contributed by atoms with van der Waals surface area (Å²) in [6.45, 7) is 8.13. The first-order valence-electron chi connectivity index (χ1n) is 8.62. The molecule has 2 aromatic carbocycles. The molecule has 0 atom stereocenters. The van der Waals surface area contributed by atoms with Gasteiger partial charge in [0.25, 0.3) is 0 Å². The zero-order chi connectivity index (χ0) is 18.8. The first-order valence-corrected chi connectivity index (χ1v) is 8.62. The van der Waals surface area contributed by atoms with E-state index in [1.807, 2.05) is 37.3 Å². The standard InChI is InChI=1S/C21H23NO4/c1-13(2)17-11-16(8-9-20(17)24)12-22-14(3)10-18-19(22)6-5-7-21(18)26-25-15(4)23/h5-11,13,24H,12H2,1-4H3. The van der Waals surface area contributed by atoms with E-state index in [1.165, 1.54) is 6.92 Å². The number of aryl methyl sites for hydroxylation is 1. The van der Waals surface area contributed by atoms with Crippen molar-refractivity contribution in [2.45, 2.75) is 40.2 Å². The van der Waals surface area contributed by atoms with Gasteiger partial charge in [-0.3, -0.25) is 9.78 Å². The lowest BCUT2D eigenvalue weighted by Crippen LogP contribution is -2.04. The van der Waals surface area contributed by atoms with Gasteiger partial charge >= 0.3 is 5.97 Å². The minimum absolute atomic E-state index is 0.251. The molecular weight excluding hydrogens is 330 g/mol. The summed E-state index contributed by atoms with van der Waals surface area (Å²) in [6.07, 6.45) is 0. The fourth-order valence-corrected chi connectivity index (χ4v) is 3.12. The van der Waals surface area contributed by atoms with Gasteiger partial charge in [-0.1, -0.05) is 32.0 Å². The van der Waals surface area contributed by atoms with Crippen molar-refractivity contribution in [3.05, 3.63) is 59.3 Å². The molecule has 0 spiro atoms. The summed E-state index contributed by atoms with van der Waals surface area (Å²) in [5, 5.41) is 10.9. The third-order valence-corrected chi connectivity index (χ3v) is 4.42. The van der Waals surface area contributed by atoms with Crippen molar-refractivity contribution in [3.8, 4) is 11.5 Å². The molecule has 0 saturated carbocycles. The number of aromatic nitrogens is 1. The highest BCUT2D eigenvalue weighted by Gasteiger charge is 2.13. The number of carbonyl (C=O) groups is 1. The van der Waals surface area contributed by atoms with Gasteiger partial charge in [0.05, 0.1) is 5.52 Å². The summed E-state index contributed by atoms with van der Waals surface area (Å²) >= 11 is 0. The number of phenols is 1. The minimum atomic E-state index is -0.497. The first-order chi connectivity index (χ1) is 12.4. The molecule has 0 aliphatic heterocycles. The molecule has 5 nitrogen and oxygen atoms in total. The Morgan fingerprint density at radius 3 is 2.65 bits per heavy atom. The normalized spacial score (nSPS) is 11.1. The van der Waals surface area contributed by atoms with Crippen LogP contribution in [0.3, 0.4) is 0 Å². The molecule has 26 heavy (non-hydrogen) atoms. The van der Waals surface area contributed by atoms with Crippen LogP contribution in [0.1, 0.15) is 43.5 Å². The number of benzene rings is 2. The summed E-state index contributed by atoms with van der Waals surface area (Å²) in [5.74, 6) is 0.590. The summed E-state index contributed by atoms with van der Waals surface area (Å²) in [6, 6.07) is 13.4. The van der Waals surface area contributed by atoms with Crippen LogP contribution < -0.4 is 4.89 Å². The summed E-state index contributed by atoms with van der Waals surface area (Å²) in [5.41, 5.74) is 4.11. The SMILES string of the molecule is CC(=O)OOc1cccc2c1cc(C)n2Cc1ccc(O)c(C(C)C)c1. The summed E-state index contributed by atoms with van der Waals surface area (Å²) in [4.78, 5) is 20.9. The largest absolute Gasteiger partial charge is 0.508 e. The van der Waals surface area contributed by atoms with Crippen LogP contribution >= 0.6 is 0 Å². The van der Waals surface area contributed by atoms with E-state index in [1.54, 1.807) is 12.1 Å². The highest BCUT2D eigenvalue weighted by atomic mass is 17.2. The van der Waals surface area contributed by atoms with Gasteiger partial charge in [-0.15, -0.1) is 0 Å². The Balaban J connectivity index is 1.98. The van der Waals surface area contributed by atoms with Crippen LogP contribution in [0.2, 0.25) is 0 Å². The lowest BCUT2D eigenvalue weighted by molar-refractivity contribution is -0.210. The zero-order valence-electron chi connectivity index (χ0n) is 15.4. The molecular formula is C21H23NO4. The zero-order valence-corrected chi connectivity index (χ0v) is 15.4. The van der Waals surface area contributed by atoms with E-state index >= 15 is 0 Å². The number of phenolic OH excluding ortho intramolecular Hbond substituents is 1. The Morgan fingerprint density at radius 1 is 1.19 bits per heavy atom. The van der Waals surface area contributed by atoms with E-state index < -0.39 is 5.97 Å². The highest BCUT2D eigenvalue weighted by molar-refractivity contribution is 5.87. The molecule has 1 N–H and O–H groups in total. The molecule has 0 amide bonds. The van der Waals surface area contributed by atoms with Crippen LogP contribution in [0, 0.1) is 6.92 Å². The van der Waals surface area contributed by atoms with Gasteiger partial charge in [-0.25, -0.2) is 4.79 Å². The molecule has 0 aliphatic rings. The highest BCUT2D eigenvalue weighted by Crippen LogP contribution is 2.31. The van der Waals surface area contributed by atoms with Crippen LogP contribution in [-0.2, 0) is 16.2 Å². The Morgan fingerprint density at radius 2 is 1.96 bits per heavy atom. The molecule has 1 heterocycles. The average molecular weight is 353 g/mol. The van der Waals surface area contributed by atoms with Crippen molar-refractivity contribution in [1.82, 2.24) is 4.57 Å². The van der Waals surface area contributed by atoms with Gasteiger partial charge in [0.1, 0.15) is 5.75 Å². The van der Waals surface area contributed by atoms with Crippen molar-refractivity contribution >= 4 is 16.9 Å². The van der Waals surface area contributed by atoms with Crippen molar-refractivity contribution in [2.24, 2.45) is 0 Å². The smallest absolute Gasteiger partial charge is 0.352 e. The van der Waals surface area contributed by atoms with Crippen LogP contribution in [0.15, 0.2) is 42.5 Å². The average Bonchev–Trinajstić information content (AvgIpc) is 2.90. The first kappa shape index (κ1) is 17.9. The van der Waals surface area contributed by atoms with Gasteiger partial charge in [-0.2, -0.15) is 0 Å². The van der Waals surface area contributed by atoms with E-state index in [2.05, 4.69) is 23.3 Å². The van der Waals surface area contributed by atoms with E-state index in [-0.39, 0.29) is 5.92 Å². The van der Waals surface area contributed by atoms with E-state index in [9.17, 15) is 9.90 Å². The number of hydrogen-bond acceptors (Lipinski definition) is 4. The third-order valence-electron chi connectivity index (χ3n) is 4.42. The number of nitrogens with zero attached hydrogens (tertiary/aromatic N) is 1. The number of hydrogen-bond donors (Lipinski definition) is 1. The quantitative estimate of drug-likeness (QED) is 0.534. The summed E-state index contributed by atoms with van der Waals surface area (Å²) < 4.78 is 2.17. The molecule has 3 aromatic rings. The molecule has 5 heteroatoms. The maximum atomic E-state index is 11.0. The number of aromatic hydroxyl groups is 1. The molecule has 3 rings (SSSR count). The second-order valence-corrected chi connectivity index (χ2v) is 6.77. The van der Waals surface area contributed by atoms with E-state index in [4.69, 9.17) is 4.89 Å². The van der Waals surface area contributed by atoms with Crippen LogP contribution in [0.4, 0.5) is 0 Å². The van der Waals surface area contributed by atoms with Crippen LogP contribution in [0.25, 0.3) is 10.9 Å². The maximum absolute atomic E-state index is 11.0. The predicted octanol–water partition coefficient (Wildman–Crippen LogP) is 4.68. The molecule has 136 valence electrons. The van der Waals surface area contributed by atoms with Gasteiger partial charge in [0, 0.05) is 24.5 Å². The van der Waals surface area contributed by atoms with Gasteiger partial charge in [0.15, 0.2) is 5.75 Å². The fourth-order valence-electron chi connectivity index (χ4n) is 3.12. The number of carbonyl (C=O) groups excluding carboxylic acids is 1. The summed E-state index contributed by atoms with van der Waals surface area (Å²) in [7, 11) is 0. The molecule has 0 fully saturated rings. The van der Waals surface area contributed by atoms with Crippen molar-refractivity contribution in [3.63, 3.8) is 0 Å². The lowest BCUT2D eigenvalue weighted by Gasteiger charge is -2.13. The van der Waals surface area contributed by atoms with Crippen molar-refractivity contribution in [1.29, 1.82) is 0 Å². The van der Waals surface area contributed by atoms with Gasteiger partial charge < -0.3 is 9.67 Å².